The van der Waals surface area contributed by atoms with Crippen molar-refractivity contribution in [3.05, 3.63) is 22.3 Å². The zero-order valence-electron chi connectivity index (χ0n) is 7.36. The molecule has 2 atom stereocenters. The molecular weight excluding hydrogens is 259 g/mol. The molecule has 0 N–H and O–H groups in total. The van der Waals surface area contributed by atoms with Crippen LogP contribution in [0.1, 0.15) is 32.6 Å². The molecular formula is C11H13I. The van der Waals surface area contributed by atoms with Crippen LogP contribution in [0.5, 0.6) is 0 Å². The van der Waals surface area contributed by atoms with Crippen LogP contribution in [-0.4, -0.2) is 3.92 Å². The average molecular weight is 272 g/mol. The summed E-state index contributed by atoms with van der Waals surface area (Å²) in [5.74, 6) is 0.827. The fraction of sp³-hybridized carbons (Fsp3) is 0.636. The molecule has 0 spiro atoms. The van der Waals surface area contributed by atoms with Crippen LogP contribution >= 0.6 is 22.6 Å². The van der Waals surface area contributed by atoms with Crippen LogP contribution in [0.2, 0.25) is 0 Å². The monoisotopic (exact) mass is 272 g/mol. The summed E-state index contributed by atoms with van der Waals surface area (Å²) in [6.45, 7) is 2.41. The van der Waals surface area contributed by atoms with Crippen molar-refractivity contribution in [1.29, 1.82) is 0 Å². The Morgan fingerprint density at radius 3 is 2.67 bits per heavy atom. The minimum atomic E-state index is 0.827. The van der Waals surface area contributed by atoms with Crippen molar-refractivity contribution in [3.63, 3.8) is 0 Å². The maximum atomic E-state index is 2.63. The third kappa shape index (κ3) is 0.740. The highest BCUT2D eigenvalue weighted by atomic mass is 127. The average Bonchev–Trinajstić information content (AvgIpc) is 2.36. The van der Waals surface area contributed by atoms with Gasteiger partial charge in [-0.1, -0.05) is 35.1 Å². The van der Waals surface area contributed by atoms with Gasteiger partial charge in [0.1, 0.15) is 0 Å². The highest BCUT2D eigenvalue weighted by Gasteiger charge is 2.40. The lowest BCUT2D eigenvalue weighted by Crippen LogP contribution is -2.10. The largest absolute Gasteiger partial charge is 0.0777 e. The second-order valence-corrected chi connectivity index (χ2v) is 5.67. The SMILES string of the molecule is C[C@H]1C2=C(CC2)C2=C1[C@H](I)CC2. The molecule has 12 heavy (non-hydrogen) atoms. The Balaban J connectivity index is 2.09. The lowest BCUT2D eigenvalue weighted by Gasteiger charge is -2.24. The van der Waals surface area contributed by atoms with Crippen LogP contribution in [0.4, 0.5) is 0 Å². The van der Waals surface area contributed by atoms with Gasteiger partial charge in [-0.3, -0.25) is 0 Å². The van der Waals surface area contributed by atoms with E-state index in [9.17, 15) is 0 Å². The summed E-state index contributed by atoms with van der Waals surface area (Å²) >= 11 is 2.63. The topological polar surface area (TPSA) is 0 Å². The first-order valence-electron chi connectivity index (χ1n) is 4.88. The van der Waals surface area contributed by atoms with Crippen molar-refractivity contribution in [2.24, 2.45) is 5.92 Å². The van der Waals surface area contributed by atoms with E-state index < -0.39 is 0 Å². The highest BCUT2D eigenvalue weighted by Crippen LogP contribution is 2.55. The Hall–Kier alpha value is 0.210. The molecule has 3 rings (SSSR count). The minimum absolute atomic E-state index is 0.827. The Morgan fingerprint density at radius 2 is 2.00 bits per heavy atom. The Morgan fingerprint density at radius 1 is 1.17 bits per heavy atom. The van der Waals surface area contributed by atoms with Crippen LogP contribution in [-0.2, 0) is 0 Å². The van der Waals surface area contributed by atoms with E-state index in [1.807, 2.05) is 0 Å². The van der Waals surface area contributed by atoms with Crippen LogP contribution < -0.4 is 0 Å². The van der Waals surface area contributed by atoms with Gasteiger partial charge in [-0.25, -0.2) is 0 Å². The fourth-order valence-electron chi connectivity index (χ4n) is 3.02. The molecule has 0 unspecified atom stereocenters. The predicted octanol–water partition coefficient (Wildman–Crippen LogP) is 3.62. The van der Waals surface area contributed by atoms with E-state index in [0.717, 1.165) is 9.84 Å². The smallest absolute Gasteiger partial charge is 0.0333 e. The van der Waals surface area contributed by atoms with E-state index in [-0.39, 0.29) is 0 Å². The van der Waals surface area contributed by atoms with Gasteiger partial charge in [0.25, 0.3) is 0 Å². The summed E-state index contributed by atoms with van der Waals surface area (Å²) < 4.78 is 0.859. The molecule has 0 radical (unpaired) electrons. The predicted molar refractivity (Wildman–Crippen MR) is 59.5 cm³/mol. The lowest BCUT2D eigenvalue weighted by molar-refractivity contribution is 0.670. The van der Waals surface area contributed by atoms with Gasteiger partial charge < -0.3 is 0 Å². The van der Waals surface area contributed by atoms with Crippen molar-refractivity contribution in [2.45, 2.75) is 36.5 Å². The van der Waals surface area contributed by atoms with Crippen LogP contribution in [0.3, 0.4) is 0 Å². The molecule has 0 nitrogen and oxygen atoms in total. The molecule has 0 saturated carbocycles. The molecule has 0 aromatic carbocycles. The minimum Gasteiger partial charge on any atom is -0.0777 e. The zero-order chi connectivity index (χ0) is 8.29. The van der Waals surface area contributed by atoms with Gasteiger partial charge in [0.15, 0.2) is 0 Å². The van der Waals surface area contributed by atoms with Crippen molar-refractivity contribution in [3.8, 4) is 0 Å². The van der Waals surface area contributed by atoms with Gasteiger partial charge in [-0.05, 0) is 42.4 Å². The summed E-state index contributed by atoms with van der Waals surface area (Å²) in [6.07, 6.45) is 5.58. The molecule has 0 heterocycles. The summed E-state index contributed by atoms with van der Waals surface area (Å²) in [5, 5.41) is 0. The van der Waals surface area contributed by atoms with Gasteiger partial charge >= 0.3 is 0 Å². The first-order valence-corrected chi connectivity index (χ1v) is 6.13. The molecule has 0 aromatic rings. The van der Waals surface area contributed by atoms with Gasteiger partial charge in [0.05, 0.1) is 0 Å². The fourth-order valence-corrected chi connectivity index (χ4v) is 4.25. The molecule has 0 saturated heterocycles. The van der Waals surface area contributed by atoms with E-state index >= 15 is 0 Å². The number of hydrogen-bond acceptors (Lipinski definition) is 0. The number of hydrogen-bond donors (Lipinski definition) is 0. The maximum Gasteiger partial charge on any atom is 0.0333 e. The Labute approximate surface area is 87.3 Å². The molecule has 0 aromatic heterocycles. The normalized spacial score (nSPS) is 38.5. The summed E-state index contributed by atoms with van der Waals surface area (Å²) in [5.41, 5.74) is 7.15. The summed E-state index contributed by atoms with van der Waals surface area (Å²) in [6, 6.07) is 0. The molecule has 0 fully saturated rings. The maximum absolute atomic E-state index is 2.63. The van der Waals surface area contributed by atoms with E-state index in [4.69, 9.17) is 0 Å². The molecule has 0 aliphatic heterocycles. The number of allylic oxidation sites excluding steroid dienone is 4. The molecule has 3 aliphatic carbocycles. The second kappa shape index (κ2) is 2.37. The van der Waals surface area contributed by atoms with Crippen molar-refractivity contribution in [1.82, 2.24) is 0 Å². The van der Waals surface area contributed by atoms with Crippen molar-refractivity contribution in [2.75, 3.05) is 0 Å². The third-order valence-corrected chi connectivity index (χ3v) is 5.01. The molecule has 0 bridgehead atoms. The number of alkyl halides is 1. The van der Waals surface area contributed by atoms with E-state index in [2.05, 4.69) is 29.5 Å². The lowest BCUT2D eigenvalue weighted by atomic mass is 9.82. The number of halogens is 1. The molecule has 1 heteroatoms. The third-order valence-electron chi connectivity index (χ3n) is 3.72. The van der Waals surface area contributed by atoms with E-state index in [0.29, 0.717) is 0 Å². The van der Waals surface area contributed by atoms with Crippen LogP contribution in [0.15, 0.2) is 22.3 Å². The first kappa shape index (κ1) is 7.60. The molecule has 64 valence electrons. The molecule has 0 amide bonds. The Kier molecular flexibility index (Phi) is 1.50. The van der Waals surface area contributed by atoms with Gasteiger partial charge in [-0.15, -0.1) is 0 Å². The standard InChI is InChI=1S/C11H13I/c1-6-7-2-3-8(7)9-4-5-10(12)11(6)9/h6,10H,2-5H2,1H3/t6-,10+/m0/s1. The first-order chi connectivity index (χ1) is 5.79. The second-order valence-electron chi connectivity index (χ2n) is 4.17. The van der Waals surface area contributed by atoms with Crippen molar-refractivity contribution < 1.29 is 0 Å². The molecule has 3 aliphatic rings. The van der Waals surface area contributed by atoms with E-state index in [1.165, 1.54) is 25.7 Å². The van der Waals surface area contributed by atoms with Gasteiger partial charge in [0, 0.05) is 9.84 Å². The summed E-state index contributed by atoms with van der Waals surface area (Å²) in [4.78, 5) is 0. The summed E-state index contributed by atoms with van der Waals surface area (Å²) in [7, 11) is 0. The van der Waals surface area contributed by atoms with Gasteiger partial charge in [-0.2, -0.15) is 0 Å². The number of rotatable bonds is 0. The van der Waals surface area contributed by atoms with Crippen LogP contribution in [0.25, 0.3) is 0 Å². The highest BCUT2D eigenvalue weighted by molar-refractivity contribution is 14.1. The number of fused-ring (bicyclic) bond motifs is 1. The quantitative estimate of drug-likeness (QED) is 0.466. The van der Waals surface area contributed by atoms with E-state index in [1.54, 1.807) is 22.3 Å². The van der Waals surface area contributed by atoms with Crippen molar-refractivity contribution >= 4 is 22.6 Å². The van der Waals surface area contributed by atoms with Crippen LogP contribution in [0, 0.1) is 5.92 Å². The van der Waals surface area contributed by atoms with Gasteiger partial charge in [0.2, 0.25) is 0 Å². The zero-order valence-corrected chi connectivity index (χ0v) is 9.52. The Bertz CT molecular complexity index is 309.